The van der Waals surface area contributed by atoms with E-state index < -0.39 is 0 Å². The first-order chi connectivity index (χ1) is 6.13. The third-order valence-electron chi connectivity index (χ3n) is 3.41. The highest BCUT2D eigenvalue weighted by molar-refractivity contribution is 4.86. The number of hydrogen-bond donors (Lipinski definition) is 2. The summed E-state index contributed by atoms with van der Waals surface area (Å²) >= 11 is 0. The lowest BCUT2D eigenvalue weighted by atomic mass is 9.79. The fourth-order valence-electron chi connectivity index (χ4n) is 2.28. The van der Waals surface area contributed by atoms with Crippen molar-refractivity contribution < 1.29 is 0 Å². The molecule has 0 radical (unpaired) electrons. The van der Waals surface area contributed by atoms with Crippen LogP contribution in [0.3, 0.4) is 0 Å². The Balaban J connectivity index is 2.40. The minimum atomic E-state index is 0.183. The average molecular weight is 184 g/mol. The van der Waals surface area contributed by atoms with Gasteiger partial charge in [0.25, 0.3) is 0 Å². The van der Waals surface area contributed by atoms with Gasteiger partial charge in [0.2, 0.25) is 0 Å². The van der Waals surface area contributed by atoms with Crippen LogP contribution in [-0.2, 0) is 0 Å². The topological polar surface area (TPSA) is 52.0 Å². The minimum Gasteiger partial charge on any atom is -0.326 e. The maximum atomic E-state index is 6.17. The second kappa shape index (κ2) is 4.97. The van der Waals surface area contributed by atoms with E-state index >= 15 is 0 Å². The smallest absolute Gasteiger partial charge is 0.0223 e. The van der Waals surface area contributed by atoms with Gasteiger partial charge in [-0.25, -0.2) is 0 Å². The largest absolute Gasteiger partial charge is 0.326 e. The summed E-state index contributed by atoms with van der Waals surface area (Å²) in [6, 6.07) is 0.406. The summed E-state index contributed by atoms with van der Waals surface area (Å²) in [6.45, 7) is 4.32. The first-order valence-electron chi connectivity index (χ1n) is 5.64. The lowest BCUT2D eigenvalue weighted by Gasteiger charge is -2.33. The Morgan fingerprint density at radius 3 is 2.00 bits per heavy atom. The maximum Gasteiger partial charge on any atom is 0.0223 e. The second-order valence-corrected chi connectivity index (χ2v) is 4.80. The van der Waals surface area contributed by atoms with Gasteiger partial charge < -0.3 is 11.5 Å². The molecule has 1 rings (SSSR count). The lowest BCUT2D eigenvalue weighted by molar-refractivity contribution is 0.252. The van der Waals surface area contributed by atoms with Gasteiger partial charge in [0.1, 0.15) is 0 Å². The Kier molecular flexibility index (Phi) is 4.20. The molecular weight excluding hydrogens is 160 g/mol. The molecule has 0 aromatic heterocycles. The Morgan fingerprint density at radius 2 is 1.54 bits per heavy atom. The molecule has 1 saturated carbocycles. The SMILES string of the molecule is CC(C)C(N)C(N)C1CCCCC1. The zero-order valence-electron chi connectivity index (χ0n) is 9.00. The van der Waals surface area contributed by atoms with Gasteiger partial charge in [0, 0.05) is 12.1 Å². The van der Waals surface area contributed by atoms with Crippen LogP contribution in [0.5, 0.6) is 0 Å². The van der Waals surface area contributed by atoms with E-state index in [0.29, 0.717) is 11.8 Å². The quantitative estimate of drug-likeness (QED) is 0.703. The molecule has 4 N–H and O–H groups in total. The molecule has 13 heavy (non-hydrogen) atoms. The molecule has 0 aromatic rings. The summed E-state index contributed by atoms with van der Waals surface area (Å²) in [4.78, 5) is 0. The number of nitrogens with two attached hydrogens (primary N) is 2. The number of hydrogen-bond acceptors (Lipinski definition) is 2. The molecule has 2 atom stereocenters. The molecule has 0 bridgehead atoms. The molecule has 1 aliphatic carbocycles. The Bertz CT molecular complexity index is 139. The van der Waals surface area contributed by atoms with E-state index in [1.165, 1.54) is 32.1 Å². The minimum absolute atomic E-state index is 0.183. The Morgan fingerprint density at radius 1 is 1.00 bits per heavy atom. The van der Waals surface area contributed by atoms with Crippen LogP contribution in [0.1, 0.15) is 46.0 Å². The molecule has 0 heterocycles. The highest BCUT2D eigenvalue weighted by atomic mass is 14.8. The van der Waals surface area contributed by atoms with Crippen molar-refractivity contribution in [1.29, 1.82) is 0 Å². The molecule has 0 aliphatic heterocycles. The van der Waals surface area contributed by atoms with Crippen LogP contribution in [0.4, 0.5) is 0 Å². The monoisotopic (exact) mass is 184 g/mol. The third kappa shape index (κ3) is 2.96. The second-order valence-electron chi connectivity index (χ2n) is 4.80. The Hall–Kier alpha value is -0.0800. The highest BCUT2D eigenvalue weighted by Crippen LogP contribution is 2.27. The van der Waals surface area contributed by atoms with Gasteiger partial charge in [-0.15, -0.1) is 0 Å². The van der Waals surface area contributed by atoms with E-state index in [0.717, 1.165) is 0 Å². The molecule has 0 saturated heterocycles. The predicted molar refractivity (Wildman–Crippen MR) is 57.4 cm³/mol. The van der Waals surface area contributed by atoms with Crippen molar-refractivity contribution in [2.24, 2.45) is 23.3 Å². The van der Waals surface area contributed by atoms with E-state index in [9.17, 15) is 0 Å². The third-order valence-corrected chi connectivity index (χ3v) is 3.41. The molecule has 2 unspecified atom stereocenters. The highest BCUT2D eigenvalue weighted by Gasteiger charge is 2.26. The van der Waals surface area contributed by atoms with Gasteiger partial charge in [0.15, 0.2) is 0 Å². The molecule has 2 heteroatoms. The zero-order chi connectivity index (χ0) is 9.84. The van der Waals surface area contributed by atoms with Crippen molar-refractivity contribution in [2.75, 3.05) is 0 Å². The van der Waals surface area contributed by atoms with Gasteiger partial charge in [-0.3, -0.25) is 0 Å². The summed E-state index contributed by atoms with van der Waals surface area (Å²) in [6.07, 6.45) is 6.68. The van der Waals surface area contributed by atoms with Crippen LogP contribution in [0.25, 0.3) is 0 Å². The standard InChI is InChI=1S/C11H24N2/c1-8(2)10(12)11(13)9-6-4-3-5-7-9/h8-11H,3-7,12-13H2,1-2H3. The van der Waals surface area contributed by atoms with E-state index in [1.807, 2.05) is 0 Å². The molecule has 1 fully saturated rings. The molecule has 0 spiro atoms. The first kappa shape index (κ1) is 11.0. The van der Waals surface area contributed by atoms with E-state index in [2.05, 4.69) is 13.8 Å². The van der Waals surface area contributed by atoms with Crippen molar-refractivity contribution in [3.8, 4) is 0 Å². The van der Waals surface area contributed by atoms with E-state index in [1.54, 1.807) is 0 Å². The van der Waals surface area contributed by atoms with Gasteiger partial charge in [-0.05, 0) is 24.7 Å². The molecule has 78 valence electrons. The molecule has 2 nitrogen and oxygen atoms in total. The fourth-order valence-corrected chi connectivity index (χ4v) is 2.28. The van der Waals surface area contributed by atoms with Gasteiger partial charge in [-0.2, -0.15) is 0 Å². The summed E-state index contributed by atoms with van der Waals surface area (Å²) < 4.78 is 0. The van der Waals surface area contributed by atoms with Crippen LogP contribution >= 0.6 is 0 Å². The van der Waals surface area contributed by atoms with Crippen molar-refractivity contribution in [1.82, 2.24) is 0 Å². The summed E-state index contributed by atoms with van der Waals surface area (Å²) in [5.74, 6) is 1.20. The molecule has 0 aromatic carbocycles. The van der Waals surface area contributed by atoms with E-state index in [4.69, 9.17) is 11.5 Å². The number of rotatable bonds is 3. The average Bonchev–Trinajstić information content (AvgIpc) is 2.17. The Labute approximate surface area is 82.1 Å². The zero-order valence-corrected chi connectivity index (χ0v) is 9.00. The van der Waals surface area contributed by atoms with Crippen LogP contribution in [0.15, 0.2) is 0 Å². The van der Waals surface area contributed by atoms with Crippen LogP contribution in [0.2, 0.25) is 0 Å². The normalized spacial score (nSPS) is 24.7. The molecule has 0 amide bonds. The van der Waals surface area contributed by atoms with Crippen LogP contribution in [-0.4, -0.2) is 12.1 Å². The van der Waals surface area contributed by atoms with Gasteiger partial charge in [0.05, 0.1) is 0 Å². The van der Waals surface area contributed by atoms with Crippen molar-refractivity contribution in [3.05, 3.63) is 0 Å². The van der Waals surface area contributed by atoms with Crippen LogP contribution < -0.4 is 11.5 Å². The maximum absolute atomic E-state index is 6.17. The van der Waals surface area contributed by atoms with E-state index in [-0.39, 0.29) is 12.1 Å². The van der Waals surface area contributed by atoms with Gasteiger partial charge in [-0.1, -0.05) is 33.1 Å². The summed E-state index contributed by atoms with van der Waals surface area (Å²) in [5, 5.41) is 0. The summed E-state index contributed by atoms with van der Waals surface area (Å²) in [7, 11) is 0. The lowest BCUT2D eigenvalue weighted by Crippen LogP contribution is -2.49. The molecular formula is C11H24N2. The fraction of sp³-hybridized carbons (Fsp3) is 1.00. The van der Waals surface area contributed by atoms with Gasteiger partial charge >= 0.3 is 0 Å². The molecule has 1 aliphatic rings. The van der Waals surface area contributed by atoms with Crippen molar-refractivity contribution >= 4 is 0 Å². The summed E-state index contributed by atoms with van der Waals surface area (Å²) in [5.41, 5.74) is 12.2. The first-order valence-corrected chi connectivity index (χ1v) is 5.64. The van der Waals surface area contributed by atoms with Crippen molar-refractivity contribution in [2.45, 2.75) is 58.0 Å². The van der Waals surface area contributed by atoms with Crippen LogP contribution in [0, 0.1) is 11.8 Å². The predicted octanol–water partition coefficient (Wildman–Crippen LogP) is 1.88. The van der Waals surface area contributed by atoms with Crippen molar-refractivity contribution in [3.63, 3.8) is 0 Å².